The number of fused-ring (bicyclic) bond motifs is 1. The Bertz CT molecular complexity index is 556. The second-order valence-electron chi connectivity index (χ2n) is 6.19. The number of hydrogen-bond acceptors (Lipinski definition) is 5. The molecule has 23 heavy (non-hydrogen) atoms. The third kappa shape index (κ3) is 3.62. The van der Waals surface area contributed by atoms with Crippen LogP contribution in [0, 0.1) is 5.92 Å². The van der Waals surface area contributed by atoms with Crippen molar-refractivity contribution in [2.75, 3.05) is 42.6 Å². The third-order valence-electron chi connectivity index (χ3n) is 4.86. The van der Waals surface area contributed by atoms with E-state index in [1.807, 2.05) is 18.0 Å². The van der Waals surface area contributed by atoms with E-state index in [1.165, 1.54) is 0 Å². The van der Waals surface area contributed by atoms with Crippen LogP contribution >= 0.6 is 11.8 Å². The molecule has 0 radical (unpaired) electrons. The summed E-state index contributed by atoms with van der Waals surface area (Å²) in [5.74, 6) is 3.43. The van der Waals surface area contributed by atoms with Crippen molar-refractivity contribution in [1.82, 2.24) is 14.9 Å². The maximum absolute atomic E-state index is 12.7. The molecule has 1 unspecified atom stereocenters. The second-order valence-corrected chi connectivity index (χ2v) is 7.42. The van der Waals surface area contributed by atoms with Crippen molar-refractivity contribution in [3.8, 4) is 0 Å². The lowest BCUT2D eigenvalue weighted by Gasteiger charge is -2.32. The molecule has 1 fully saturated rings. The van der Waals surface area contributed by atoms with E-state index in [1.54, 1.807) is 0 Å². The van der Waals surface area contributed by atoms with E-state index in [9.17, 15) is 4.79 Å². The Morgan fingerprint density at radius 3 is 2.78 bits per heavy atom. The molecular formula is C17H26N4OS. The van der Waals surface area contributed by atoms with Crippen LogP contribution in [0.1, 0.15) is 31.5 Å². The summed E-state index contributed by atoms with van der Waals surface area (Å²) in [4.78, 5) is 26.2. The van der Waals surface area contributed by atoms with Gasteiger partial charge in [0.25, 0.3) is 0 Å². The van der Waals surface area contributed by atoms with Gasteiger partial charge in [0.15, 0.2) is 0 Å². The topological polar surface area (TPSA) is 49.3 Å². The molecule has 2 aliphatic rings. The first-order valence-electron chi connectivity index (χ1n) is 8.69. The average Bonchev–Trinajstić information content (AvgIpc) is 2.62. The van der Waals surface area contributed by atoms with E-state index < -0.39 is 0 Å². The second kappa shape index (κ2) is 7.51. The number of rotatable bonds is 4. The van der Waals surface area contributed by atoms with Gasteiger partial charge in [-0.3, -0.25) is 4.79 Å². The lowest BCUT2D eigenvalue weighted by atomic mass is 9.86. The lowest BCUT2D eigenvalue weighted by molar-refractivity contribution is -0.135. The van der Waals surface area contributed by atoms with Crippen LogP contribution in [0.4, 0.5) is 5.95 Å². The smallest absolute Gasteiger partial charge is 0.226 e. The Balaban J connectivity index is 1.70. The molecule has 1 atom stereocenters. The largest absolute Gasteiger partial charge is 0.341 e. The number of carbonyl (C=O) groups excluding carboxylic acids is 1. The van der Waals surface area contributed by atoms with Gasteiger partial charge in [0.2, 0.25) is 11.9 Å². The first-order valence-corrected chi connectivity index (χ1v) is 9.84. The summed E-state index contributed by atoms with van der Waals surface area (Å²) < 4.78 is 0. The third-order valence-corrected chi connectivity index (χ3v) is 5.80. The Hall–Kier alpha value is -1.30. The molecule has 126 valence electrons. The SMILES string of the molecule is CCN(CC)c1ncc2c(n1)CCC(C(=O)N1CCSCC1)C2. The minimum Gasteiger partial charge on any atom is -0.341 e. The molecule has 1 aliphatic carbocycles. The molecule has 0 aromatic carbocycles. The van der Waals surface area contributed by atoms with Crippen molar-refractivity contribution >= 4 is 23.6 Å². The van der Waals surface area contributed by atoms with Crippen LogP contribution in [0.25, 0.3) is 0 Å². The molecule has 3 rings (SSSR count). The lowest BCUT2D eigenvalue weighted by Crippen LogP contribution is -2.43. The minimum absolute atomic E-state index is 0.119. The fourth-order valence-electron chi connectivity index (χ4n) is 3.41. The first-order chi connectivity index (χ1) is 11.2. The summed E-state index contributed by atoms with van der Waals surface area (Å²) in [5.41, 5.74) is 2.30. The number of carbonyl (C=O) groups is 1. The zero-order chi connectivity index (χ0) is 16.2. The van der Waals surface area contributed by atoms with Gasteiger partial charge in [-0.2, -0.15) is 11.8 Å². The standard InChI is InChI=1S/C17H26N4OS/c1-3-20(4-2)17-18-12-14-11-13(5-6-15(14)19-17)16(22)21-7-9-23-10-8-21/h12-13H,3-11H2,1-2H3. The van der Waals surface area contributed by atoms with Gasteiger partial charge in [0.1, 0.15) is 0 Å². The zero-order valence-corrected chi connectivity index (χ0v) is 14.9. The summed E-state index contributed by atoms with van der Waals surface area (Å²) >= 11 is 1.94. The van der Waals surface area contributed by atoms with Crippen molar-refractivity contribution in [3.63, 3.8) is 0 Å². The van der Waals surface area contributed by atoms with E-state index in [0.29, 0.717) is 5.91 Å². The van der Waals surface area contributed by atoms with Crippen LogP contribution < -0.4 is 4.90 Å². The molecule has 0 saturated carbocycles. The van der Waals surface area contributed by atoms with E-state index in [2.05, 4.69) is 28.6 Å². The van der Waals surface area contributed by atoms with Crippen LogP contribution in [0.5, 0.6) is 0 Å². The molecule has 1 saturated heterocycles. The van der Waals surface area contributed by atoms with Crippen LogP contribution in [0.15, 0.2) is 6.20 Å². The van der Waals surface area contributed by atoms with Gasteiger partial charge in [-0.1, -0.05) is 0 Å². The molecule has 6 heteroatoms. The number of hydrogen-bond donors (Lipinski definition) is 0. The number of aryl methyl sites for hydroxylation is 1. The van der Waals surface area contributed by atoms with Crippen LogP contribution in [-0.4, -0.2) is 58.5 Å². The summed E-state index contributed by atoms with van der Waals surface area (Å²) in [5, 5.41) is 0. The molecule has 5 nitrogen and oxygen atoms in total. The highest BCUT2D eigenvalue weighted by Gasteiger charge is 2.30. The minimum atomic E-state index is 0.119. The Kier molecular flexibility index (Phi) is 5.41. The Morgan fingerprint density at radius 2 is 2.09 bits per heavy atom. The molecular weight excluding hydrogens is 308 g/mol. The predicted octanol–water partition coefficient (Wildman–Crippen LogP) is 2.00. The monoisotopic (exact) mass is 334 g/mol. The van der Waals surface area contributed by atoms with E-state index in [4.69, 9.17) is 4.98 Å². The van der Waals surface area contributed by atoms with E-state index >= 15 is 0 Å². The van der Waals surface area contributed by atoms with Crippen LogP contribution in [0.3, 0.4) is 0 Å². The molecule has 0 N–H and O–H groups in total. The first kappa shape index (κ1) is 16.6. The molecule has 0 bridgehead atoms. The number of thioether (sulfide) groups is 1. The highest BCUT2D eigenvalue weighted by molar-refractivity contribution is 7.99. The Labute approximate surface area is 142 Å². The zero-order valence-electron chi connectivity index (χ0n) is 14.1. The van der Waals surface area contributed by atoms with Crippen molar-refractivity contribution in [3.05, 3.63) is 17.5 Å². The van der Waals surface area contributed by atoms with Gasteiger partial charge in [-0.05, 0) is 38.7 Å². The summed E-state index contributed by atoms with van der Waals surface area (Å²) in [6, 6.07) is 0. The summed E-state index contributed by atoms with van der Waals surface area (Å²) in [7, 11) is 0. The number of nitrogens with zero attached hydrogens (tertiary/aromatic N) is 4. The van der Waals surface area contributed by atoms with E-state index in [0.717, 1.165) is 74.2 Å². The van der Waals surface area contributed by atoms with Gasteiger partial charge in [-0.25, -0.2) is 9.97 Å². The maximum Gasteiger partial charge on any atom is 0.226 e. The van der Waals surface area contributed by atoms with Gasteiger partial charge in [-0.15, -0.1) is 0 Å². The van der Waals surface area contributed by atoms with Crippen molar-refractivity contribution in [2.24, 2.45) is 5.92 Å². The van der Waals surface area contributed by atoms with Crippen LogP contribution in [-0.2, 0) is 17.6 Å². The highest BCUT2D eigenvalue weighted by atomic mass is 32.2. The molecule has 2 heterocycles. The number of aromatic nitrogens is 2. The maximum atomic E-state index is 12.7. The predicted molar refractivity (Wildman–Crippen MR) is 95.0 cm³/mol. The summed E-state index contributed by atoms with van der Waals surface area (Å²) in [6.45, 7) is 7.90. The van der Waals surface area contributed by atoms with Crippen molar-refractivity contribution in [2.45, 2.75) is 33.1 Å². The summed E-state index contributed by atoms with van der Waals surface area (Å²) in [6.07, 6.45) is 4.56. The average molecular weight is 334 g/mol. The molecule has 1 aromatic rings. The fourth-order valence-corrected chi connectivity index (χ4v) is 4.31. The van der Waals surface area contributed by atoms with Crippen LogP contribution in [0.2, 0.25) is 0 Å². The number of anilines is 1. The van der Waals surface area contributed by atoms with Gasteiger partial charge in [0, 0.05) is 55.5 Å². The van der Waals surface area contributed by atoms with Crippen molar-refractivity contribution < 1.29 is 4.79 Å². The normalized spacial score (nSPS) is 21.0. The van der Waals surface area contributed by atoms with Gasteiger partial charge >= 0.3 is 0 Å². The molecule has 1 amide bonds. The molecule has 1 aliphatic heterocycles. The van der Waals surface area contributed by atoms with Gasteiger partial charge < -0.3 is 9.80 Å². The highest BCUT2D eigenvalue weighted by Crippen LogP contribution is 2.27. The number of amides is 1. The molecule has 0 spiro atoms. The fraction of sp³-hybridized carbons (Fsp3) is 0.706. The van der Waals surface area contributed by atoms with Gasteiger partial charge in [0.05, 0.1) is 0 Å². The Morgan fingerprint density at radius 1 is 1.35 bits per heavy atom. The molecule has 1 aromatic heterocycles. The quantitative estimate of drug-likeness (QED) is 0.843. The van der Waals surface area contributed by atoms with E-state index in [-0.39, 0.29) is 5.92 Å². The van der Waals surface area contributed by atoms with Crippen molar-refractivity contribution in [1.29, 1.82) is 0 Å².